The molecule has 0 fully saturated rings. The molecule has 0 radical (unpaired) electrons. The Bertz CT molecular complexity index is 967. The van der Waals surface area contributed by atoms with Crippen molar-refractivity contribution in [2.75, 3.05) is 5.32 Å². The minimum atomic E-state index is -0.494. The fourth-order valence-corrected chi connectivity index (χ4v) is 3.18. The third-order valence-electron chi connectivity index (χ3n) is 3.16. The van der Waals surface area contributed by atoms with Crippen LogP contribution in [0.5, 0.6) is 0 Å². The number of benzene rings is 1. The number of thiophene rings is 1. The van der Waals surface area contributed by atoms with Gasteiger partial charge in [0.25, 0.3) is 5.56 Å². The van der Waals surface area contributed by atoms with Crippen LogP contribution in [-0.4, -0.2) is 15.5 Å². The SMILES string of the molecule is Cc1cc2c(=O)n(CC(=O)Nc3ccc(F)cc3Cl)cnc2s1. The molecular formula is C15H11ClFN3O2S. The van der Waals surface area contributed by atoms with Gasteiger partial charge in [0.05, 0.1) is 22.4 Å². The molecule has 5 nitrogen and oxygen atoms in total. The first-order chi connectivity index (χ1) is 10.9. The van der Waals surface area contributed by atoms with Crippen LogP contribution in [0.3, 0.4) is 0 Å². The van der Waals surface area contributed by atoms with Gasteiger partial charge in [0.2, 0.25) is 5.91 Å². The van der Waals surface area contributed by atoms with Crippen LogP contribution in [0.15, 0.2) is 35.4 Å². The van der Waals surface area contributed by atoms with E-state index >= 15 is 0 Å². The van der Waals surface area contributed by atoms with E-state index in [1.54, 1.807) is 6.07 Å². The zero-order chi connectivity index (χ0) is 16.6. The van der Waals surface area contributed by atoms with E-state index in [-0.39, 0.29) is 22.8 Å². The Labute approximate surface area is 139 Å². The van der Waals surface area contributed by atoms with Crippen molar-refractivity contribution < 1.29 is 9.18 Å². The Morgan fingerprint density at radius 3 is 2.96 bits per heavy atom. The Balaban J connectivity index is 1.82. The number of hydrogen-bond donors (Lipinski definition) is 1. The predicted molar refractivity (Wildman–Crippen MR) is 88.7 cm³/mol. The number of fused-ring (bicyclic) bond motifs is 1. The summed E-state index contributed by atoms with van der Waals surface area (Å²) in [4.78, 5) is 30.2. The van der Waals surface area contributed by atoms with Crippen molar-refractivity contribution in [2.24, 2.45) is 0 Å². The first-order valence-corrected chi connectivity index (χ1v) is 7.84. The molecule has 1 amide bonds. The molecule has 3 rings (SSSR count). The molecule has 118 valence electrons. The van der Waals surface area contributed by atoms with Gasteiger partial charge in [0.1, 0.15) is 17.2 Å². The fourth-order valence-electron chi connectivity index (χ4n) is 2.13. The molecule has 3 aromatic rings. The largest absolute Gasteiger partial charge is 0.323 e. The molecule has 8 heteroatoms. The number of hydrogen-bond acceptors (Lipinski definition) is 4. The highest BCUT2D eigenvalue weighted by Gasteiger charge is 2.11. The van der Waals surface area contributed by atoms with Crippen LogP contribution in [-0.2, 0) is 11.3 Å². The van der Waals surface area contributed by atoms with Crippen molar-refractivity contribution in [3.63, 3.8) is 0 Å². The van der Waals surface area contributed by atoms with Gasteiger partial charge in [-0.15, -0.1) is 11.3 Å². The van der Waals surface area contributed by atoms with Crippen molar-refractivity contribution in [3.05, 3.63) is 56.7 Å². The number of carbonyl (C=O) groups excluding carboxylic acids is 1. The lowest BCUT2D eigenvalue weighted by molar-refractivity contribution is -0.116. The Hall–Kier alpha value is -2.25. The number of aryl methyl sites for hydroxylation is 1. The van der Waals surface area contributed by atoms with Gasteiger partial charge in [-0.2, -0.15) is 0 Å². The highest BCUT2D eigenvalue weighted by molar-refractivity contribution is 7.18. The van der Waals surface area contributed by atoms with Gasteiger partial charge in [-0.3, -0.25) is 14.2 Å². The summed E-state index contributed by atoms with van der Waals surface area (Å²) in [7, 11) is 0. The smallest absolute Gasteiger partial charge is 0.262 e. The van der Waals surface area contributed by atoms with Gasteiger partial charge >= 0.3 is 0 Å². The Kier molecular flexibility index (Phi) is 4.14. The van der Waals surface area contributed by atoms with Gasteiger partial charge in [-0.1, -0.05) is 11.6 Å². The zero-order valence-electron chi connectivity index (χ0n) is 12.0. The molecule has 1 aromatic carbocycles. The molecule has 2 heterocycles. The first kappa shape index (κ1) is 15.6. The van der Waals surface area contributed by atoms with E-state index < -0.39 is 11.7 Å². The van der Waals surface area contributed by atoms with E-state index in [9.17, 15) is 14.0 Å². The molecule has 2 aromatic heterocycles. The Morgan fingerprint density at radius 2 is 2.22 bits per heavy atom. The molecule has 0 aliphatic rings. The van der Waals surface area contributed by atoms with E-state index in [4.69, 9.17) is 11.6 Å². The van der Waals surface area contributed by atoms with Crippen LogP contribution in [0.2, 0.25) is 5.02 Å². The van der Waals surface area contributed by atoms with Crippen molar-refractivity contribution >= 4 is 44.7 Å². The fraction of sp³-hybridized carbons (Fsp3) is 0.133. The van der Waals surface area contributed by atoms with Crippen molar-refractivity contribution in [3.8, 4) is 0 Å². The second-order valence-electron chi connectivity index (χ2n) is 4.93. The monoisotopic (exact) mass is 351 g/mol. The topological polar surface area (TPSA) is 64.0 Å². The number of aromatic nitrogens is 2. The maximum absolute atomic E-state index is 13.0. The van der Waals surface area contributed by atoms with E-state index in [0.717, 1.165) is 10.9 Å². The van der Waals surface area contributed by atoms with Gasteiger partial charge < -0.3 is 5.32 Å². The van der Waals surface area contributed by atoms with E-state index in [0.29, 0.717) is 10.2 Å². The number of amides is 1. The van der Waals surface area contributed by atoms with Crippen molar-refractivity contribution in [1.82, 2.24) is 9.55 Å². The number of halogens is 2. The highest BCUT2D eigenvalue weighted by Crippen LogP contribution is 2.22. The molecule has 0 saturated heterocycles. The summed E-state index contributed by atoms with van der Waals surface area (Å²) in [6.07, 6.45) is 1.34. The quantitative estimate of drug-likeness (QED) is 0.788. The van der Waals surface area contributed by atoms with E-state index in [1.807, 2.05) is 6.92 Å². The molecule has 23 heavy (non-hydrogen) atoms. The van der Waals surface area contributed by atoms with Gasteiger partial charge in [-0.05, 0) is 31.2 Å². The summed E-state index contributed by atoms with van der Waals surface area (Å²) in [5.74, 6) is -0.944. The second-order valence-corrected chi connectivity index (χ2v) is 6.57. The first-order valence-electron chi connectivity index (χ1n) is 6.64. The molecule has 0 spiro atoms. The van der Waals surface area contributed by atoms with Crippen LogP contribution in [0.25, 0.3) is 10.2 Å². The summed E-state index contributed by atoms with van der Waals surface area (Å²) in [5.41, 5.74) is 0.00577. The van der Waals surface area contributed by atoms with Crippen LogP contribution >= 0.6 is 22.9 Å². The summed E-state index contributed by atoms with van der Waals surface area (Å²) in [5, 5.41) is 3.12. The molecule has 0 aliphatic heterocycles. The summed E-state index contributed by atoms with van der Waals surface area (Å²) in [6.45, 7) is 1.68. The molecule has 0 unspecified atom stereocenters. The summed E-state index contributed by atoms with van der Waals surface area (Å²) >= 11 is 7.28. The van der Waals surface area contributed by atoms with Crippen LogP contribution < -0.4 is 10.9 Å². The van der Waals surface area contributed by atoms with Gasteiger partial charge in [0.15, 0.2) is 0 Å². The molecule has 0 saturated carbocycles. The van der Waals surface area contributed by atoms with Gasteiger partial charge in [0, 0.05) is 4.88 Å². The normalized spacial score (nSPS) is 10.9. The zero-order valence-corrected chi connectivity index (χ0v) is 13.5. The third kappa shape index (κ3) is 3.25. The summed E-state index contributed by atoms with van der Waals surface area (Å²) < 4.78 is 14.2. The van der Waals surface area contributed by atoms with Crippen LogP contribution in [0, 0.1) is 12.7 Å². The molecule has 0 bridgehead atoms. The average Bonchev–Trinajstić information content (AvgIpc) is 2.87. The van der Waals surface area contributed by atoms with Crippen LogP contribution in [0.4, 0.5) is 10.1 Å². The lowest BCUT2D eigenvalue weighted by Crippen LogP contribution is -2.27. The number of carbonyl (C=O) groups is 1. The lowest BCUT2D eigenvalue weighted by Gasteiger charge is -2.08. The standard InChI is InChI=1S/C15H11ClFN3O2S/c1-8-4-10-14(23-8)18-7-20(15(10)22)6-13(21)19-12-3-2-9(17)5-11(12)16/h2-5,7H,6H2,1H3,(H,19,21). The van der Waals surface area contributed by atoms with Crippen LogP contribution in [0.1, 0.15) is 4.88 Å². The van der Waals surface area contributed by atoms with E-state index in [1.165, 1.54) is 34.4 Å². The van der Waals surface area contributed by atoms with Crippen molar-refractivity contribution in [1.29, 1.82) is 0 Å². The second kappa shape index (κ2) is 6.10. The predicted octanol–water partition coefficient (Wildman–Crippen LogP) is 3.20. The van der Waals surface area contributed by atoms with Crippen molar-refractivity contribution in [2.45, 2.75) is 13.5 Å². The minimum Gasteiger partial charge on any atom is -0.323 e. The minimum absolute atomic E-state index is 0.0905. The maximum Gasteiger partial charge on any atom is 0.262 e. The number of anilines is 1. The van der Waals surface area contributed by atoms with E-state index in [2.05, 4.69) is 10.3 Å². The number of rotatable bonds is 3. The molecule has 0 atom stereocenters. The Morgan fingerprint density at radius 1 is 1.43 bits per heavy atom. The average molecular weight is 352 g/mol. The molecular weight excluding hydrogens is 341 g/mol. The third-order valence-corrected chi connectivity index (χ3v) is 4.43. The summed E-state index contributed by atoms with van der Waals surface area (Å²) in [6, 6.07) is 5.41. The number of nitrogens with zero attached hydrogens (tertiary/aromatic N) is 2. The van der Waals surface area contributed by atoms with Gasteiger partial charge in [-0.25, -0.2) is 9.37 Å². The lowest BCUT2D eigenvalue weighted by atomic mass is 10.3. The number of nitrogens with one attached hydrogen (secondary N) is 1. The maximum atomic E-state index is 13.0. The highest BCUT2D eigenvalue weighted by atomic mass is 35.5. The molecule has 0 aliphatic carbocycles. The molecule has 1 N–H and O–H groups in total.